The Morgan fingerprint density at radius 2 is 2.42 bits per heavy atom. The maximum Gasteiger partial charge on any atom is 0.251 e. The van der Waals surface area contributed by atoms with Gasteiger partial charge in [0.1, 0.15) is 0 Å². The fourth-order valence-corrected chi connectivity index (χ4v) is 0.785. The molecule has 0 fully saturated rings. The van der Waals surface area contributed by atoms with E-state index in [9.17, 15) is 4.79 Å². The molecule has 5 heteroatoms. The Morgan fingerprint density at radius 1 is 1.75 bits per heavy atom. The van der Waals surface area contributed by atoms with Gasteiger partial charge in [-0.05, 0) is 13.8 Å². The van der Waals surface area contributed by atoms with E-state index in [1.54, 1.807) is 6.20 Å². The van der Waals surface area contributed by atoms with Crippen LogP contribution in [0.3, 0.4) is 0 Å². The minimum Gasteiger partial charge on any atom is -0.365 e. The van der Waals surface area contributed by atoms with Gasteiger partial charge in [-0.1, -0.05) is 0 Å². The van der Waals surface area contributed by atoms with Crippen LogP contribution in [0.5, 0.6) is 0 Å². The summed E-state index contributed by atoms with van der Waals surface area (Å²) in [6.07, 6.45) is 2.99. The molecule has 1 aromatic heterocycles. The van der Waals surface area contributed by atoms with Crippen molar-refractivity contribution in [2.24, 2.45) is 5.73 Å². The van der Waals surface area contributed by atoms with E-state index in [2.05, 4.69) is 10.5 Å². The molecule has 12 heavy (non-hydrogen) atoms. The Hall–Kier alpha value is -1.52. The van der Waals surface area contributed by atoms with Gasteiger partial charge in [-0.3, -0.25) is 4.79 Å². The zero-order valence-electron chi connectivity index (χ0n) is 7.11. The summed E-state index contributed by atoms with van der Waals surface area (Å²) in [5.41, 5.74) is 8.42. The SMILES string of the molecule is CC(C)Nn1cc(C(N)=O)cn1. The molecule has 1 aromatic rings. The van der Waals surface area contributed by atoms with Crippen molar-refractivity contribution in [1.82, 2.24) is 9.89 Å². The fourth-order valence-electron chi connectivity index (χ4n) is 0.785. The van der Waals surface area contributed by atoms with Gasteiger partial charge < -0.3 is 11.2 Å². The number of aromatic nitrogens is 2. The van der Waals surface area contributed by atoms with Crippen molar-refractivity contribution in [2.75, 3.05) is 5.43 Å². The second kappa shape index (κ2) is 3.25. The molecule has 0 aliphatic carbocycles. The summed E-state index contributed by atoms with van der Waals surface area (Å²) < 4.78 is 0. The molecule has 5 nitrogen and oxygen atoms in total. The third kappa shape index (κ3) is 1.98. The van der Waals surface area contributed by atoms with Gasteiger partial charge in [0, 0.05) is 6.04 Å². The van der Waals surface area contributed by atoms with Crippen LogP contribution in [0.15, 0.2) is 12.4 Å². The second-order valence-electron chi connectivity index (χ2n) is 2.82. The quantitative estimate of drug-likeness (QED) is 0.663. The van der Waals surface area contributed by atoms with E-state index in [0.717, 1.165) is 0 Å². The number of amides is 1. The minimum absolute atomic E-state index is 0.269. The van der Waals surface area contributed by atoms with Crippen LogP contribution in [0.25, 0.3) is 0 Å². The van der Waals surface area contributed by atoms with E-state index >= 15 is 0 Å². The van der Waals surface area contributed by atoms with Gasteiger partial charge in [-0.2, -0.15) is 9.89 Å². The zero-order valence-corrected chi connectivity index (χ0v) is 7.11. The fraction of sp³-hybridized carbons (Fsp3) is 0.429. The van der Waals surface area contributed by atoms with Crippen molar-refractivity contribution in [2.45, 2.75) is 19.9 Å². The average molecular weight is 168 g/mol. The predicted molar refractivity (Wildman–Crippen MR) is 45.2 cm³/mol. The Bertz CT molecular complexity index is 279. The van der Waals surface area contributed by atoms with Gasteiger partial charge in [0.2, 0.25) is 0 Å². The molecule has 0 saturated carbocycles. The van der Waals surface area contributed by atoms with Crippen LogP contribution in [-0.2, 0) is 0 Å². The average Bonchev–Trinajstić information content (AvgIpc) is 2.34. The highest BCUT2D eigenvalue weighted by molar-refractivity contribution is 5.92. The summed E-state index contributed by atoms with van der Waals surface area (Å²) in [6.45, 7) is 3.96. The molecular weight excluding hydrogens is 156 g/mol. The van der Waals surface area contributed by atoms with Crippen LogP contribution < -0.4 is 11.2 Å². The lowest BCUT2D eigenvalue weighted by molar-refractivity contribution is 0.1000. The number of nitrogens with zero attached hydrogens (tertiary/aromatic N) is 2. The summed E-state index contributed by atoms with van der Waals surface area (Å²) in [5.74, 6) is -0.466. The van der Waals surface area contributed by atoms with Gasteiger partial charge in [0.05, 0.1) is 18.0 Å². The first-order valence-electron chi connectivity index (χ1n) is 3.70. The highest BCUT2D eigenvalue weighted by Crippen LogP contribution is 1.94. The van der Waals surface area contributed by atoms with Crippen LogP contribution >= 0.6 is 0 Å². The Kier molecular flexibility index (Phi) is 2.32. The molecule has 0 atom stereocenters. The third-order valence-corrected chi connectivity index (χ3v) is 1.26. The third-order valence-electron chi connectivity index (χ3n) is 1.26. The molecule has 0 radical (unpaired) electrons. The summed E-state index contributed by atoms with van der Waals surface area (Å²) >= 11 is 0. The van der Waals surface area contributed by atoms with E-state index in [1.807, 2.05) is 13.8 Å². The van der Waals surface area contributed by atoms with Crippen LogP contribution in [0.1, 0.15) is 24.2 Å². The summed E-state index contributed by atoms with van der Waals surface area (Å²) in [7, 11) is 0. The number of hydrogen-bond donors (Lipinski definition) is 2. The van der Waals surface area contributed by atoms with E-state index in [1.165, 1.54) is 11.0 Å². The predicted octanol–water partition coefficient (Wildman–Crippen LogP) is -0.0661. The van der Waals surface area contributed by atoms with Crippen LogP contribution in [0, 0.1) is 0 Å². The number of carbonyl (C=O) groups excluding carboxylic acids is 1. The van der Waals surface area contributed by atoms with E-state index in [4.69, 9.17) is 5.73 Å². The summed E-state index contributed by atoms with van der Waals surface area (Å²) in [4.78, 5) is 12.1. The van der Waals surface area contributed by atoms with Crippen LogP contribution in [0.4, 0.5) is 0 Å². The molecule has 0 bridgehead atoms. The van der Waals surface area contributed by atoms with Crippen molar-refractivity contribution in [3.05, 3.63) is 18.0 Å². The lowest BCUT2D eigenvalue weighted by atomic mass is 10.4. The number of nitrogens with two attached hydrogens (primary N) is 1. The van der Waals surface area contributed by atoms with E-state index < -0.39 is 5.91 Å². The number of rotatable bonds is 3. The molecule has 0 aromatic carbocycles. The molecule has 1 heterocycles. The largest absolute Gasteiger partial charge is 0.365 e. The highest BCUT2D eigenvalue weighted by Gasteiger charge is 2.03. The number of hydrogen-bond acceptors (Lipinski definition) is 3. The van der Waals surface area contributed by atoms with Crippen molar-refractivity contribution >= 4 is 5.91 Å². The van der Waals surface area contributed by atoms with Crippen molar-refractivity contribution in [3.8, 4) is 0 Å². The Balaban J connectivity index is 2.71. The molecular formula is C7H12N4O. The first kappa shape index (κ1) is 8.58. The standard InChI is InChI=1S/C7H12N4O/c1-5(2)10-11-4-6(3-9-11)7(8)12/h3-5,10H,1-2H3,(H2,8,12). The Morgan fingerprint density at radius 3 is 2.83 bits per heavy atom. The van der Waals surface area contributed by atoms with Gasteiger partial charge in [-0.25, -0.2) is 0 Å². The summed E-state index contributed by atoms with van der Waals surface area (Å²) in [6, 6.07) is 0.269. The number of nitrogens with one attached hydrogen (secondary N) is 1. The molecule has 0 saturated heterocycles. The molecule has 0 aliphatic heterocycles. The van der Waals surface area contributed by atoms with Gasteiger partial charge in [0.15, 0.2) is 0 Å². The topological polar surface area (TPSA) is 72.9 Å². The summed E-state index contributed by atoms with van der Waals surface area (Å²) in [5, 5.41) is 3.88. The maximum atomic E-state index is 10.6. The Labute approximate surface area is 70.5 Å². The number of carbonyl (C=O) groups is 1. The number of primary amides is 1. The second-order valence-corrected chi connectivity index (χ2v) is 2.82. The lowest BCUT2D eigenvalue weighted by Gasteiger charge is -2.07. The van der Waals surface area contributed by atoms with Crippen molar-refractivity contribution in [3.63, 3.8) is 0 Å². The van der Waals surface area contributed by atoms with Gasteiger partial charge in [-0.15, -0.1) is 0 Å². The van der Waals surface area contributed by atoms with E-state index in [0.29, 0.717) is 5.56 Å². The lowest BCUT2D eigenvalue weighted by Crippen LogP contribution is -2.22. The first-order valence-corrected chi connectivity index (χ1v) is 3.70. The van der Waals surface area contributed by atoms with Crippen LogP contribution in [0.2, 0.25) is 0 Å². The maximum absolute atomic E-state index is 10.6. The smallest absolute Gasteiger partial charge is 0.251 e. The van der Waals surface area contributed by atoms with Crippen LogP contribution in [-0.4, -0.2) is 21.8 Å². The molecule has 3 N–H and O–H groups in total. The monoisotopic (exact) mass is 168 g/mol. The van der Waals surface area contributed by atoms with Crippen molar-refractivity contribution < 1.29 is 4.79 Å². The molecule has 0 aliphatic rings. The normalized spacial score (nSPS) is 10.2. The first-order chi connectivity index (χ1) is 5.59. The van der Waals surface area contributed by atoms with Crippen molar-refractivity contribution in [1.29, 1.82) is 0 Å². The van der Waals surface area contributed by atoms with Gasteiger partial charge in [0.25, 0.3) is 5.91 Å². The van der Waals surface area contributed by atoms with E-state index in [-0.39, 0.29) is 6.04 Å². The van der Waals surface area contributed by atoms with Gasteiger partial charge >= 0.3 is 0 Å². The zero-order chi connectivity index (χ0) is 9.14. The molecule has 1 amide bonds. The molecule has 1 rings (SSSR count). The molecule has 66 valence electrons. The minimum atomic E-state index is -0.466. The highest BCUT2D eigenvalue weighted by atomic mass is 16.1. The molecule has 0 unspecified atom stereocenters. The molecule has 0 spiro atoms.